The monoisotopic (exact) mass is 430 g/mol. The zero-order chi connectivity index (χ0) is 22.2. The summed E-state index contributed by atoms with van der Waals surface area (Å²) in [4.78, 5) is 48.3. The minimum Gasteiger partial charge on any atom is -0.340 e. The zero-order valence-corrected chi connectivity index (χ0v) is 17.4. The van der Waals surface area contributed by atoms with Crippen LogP contribution in [-0.4, -0.2) is 40.2 Å². The fourth-order valence-corrected chi connectivity index (χ4v) is 4.70. The van der Waals surface area contributed by atoms with Crippen LogP contribution in [0.25, 0.3) is 22.2 Å². The molecule has 1 atom stereocenters. The Kier molecular flexibility index (Phi) is 5.05. The van der Waals surface area contributed by atoms with E-state index in [1.807, 2.05) is 12.1 Å². The predicted octanol–water partition coefficient (Wildman–Crippen LogP) is 2.46. The maximum atomic E-state index is 12.9. The average Bonchev–Trinajstić information content (AvgIpc) is 3.24. The number of amides is 3. The number of nitrogens with zero attached hydrogens (tertiary/aromatic N) is 1. The van der Waals surface area contributed by atoms with Gasteiger partial charge in [-0.1, -0.05) is 24.3 Å². The molecule has 5 rings (SSSR count). The molecule has 2 aliphatic rings. The van der Waals surface area contributed by atoms with Gasteiger partial charge >= 0.3 is 0 Å². The van der Waals surface area contributed by atoms with E-state index in [4.69, 9.17) is 0 Å². The third-order valence-corrected chi connectivity index (χ3v) is 6.34. The number of benzene rings is 2. The number of aromatic amines is 1. The lowest BCUT2D eigenvalue weighted by molar-refractivity contribution is -0.134. The van der Waals surface area contributed by atoms with Crippen LogP contribution in [0.2, 0.25) is 0 Å². The second-order valence-corrected chi connectivity index (χ2v) is 8.27. The number of rotatable bonds is 4. The first-order chi connectivity index (χ1) is 15.6. The number of fused-ring (bicyclic) bond motifs is 2. The molecule has 1 aliphatic carbocycles. The standard InChI is InChI=1S/C24H22N4O4/c29-12-18-14-5-2-1-4-13(14)8-9-15(18)21-16-6-3-7-17(22(16)28-27-21)23(31)25-19-10-11-20(30)26-24(19)32/h3,6-9,12,19H,1-2,4-5,10-11H2,(H,25,31)(H,27,28)(H,26,30,32). The summed E-state index contributed by atoms with van der Waals surface area (Å²) in [6.07, 6.45) is 5.39. The first-order valence-electron chi connectivity index (χ1n) is 10.8. The number of hydrogen-bond donors (Lipinski definition) is 3. The van der Waals surface area contributed by atoms with Crippen molar-refractivity contribution in [2.75, 3.05) is 0 Å². The Labute approximate surface area is 183 Å². The highest BCUT2D eigenvalue weighted by atomic mass is 16.2. The number of piperidine rings is 1. The second kappa shape index (κ2) is 8.03. The number of carbonyl (C=O) groups is 4. The molecule has 8 nitrogen and oxygen atoms in total. The summed E-state index contributed by atoms with van der Waals surface area (Å²) in [5.74, 6) is -1.28. The smallest absolute Gasteiger partial charge is 0.254 e. The molecule has 2 heterocycles. The van der Waals surface area contributed by atoms with Crippen LogP contribution in [0, 0.1) is 0 Å². The highest BCUT2D eigenvalue weighted by Gasteiger charge is 2.29. The maximum Gasteiger partial charge on any atom is 0.254 e. The van der Waals surface area contributed by atoms with E-state index in [-0.39, 0.29) is 18.7 Å². The molecule has 2 aromatic carbocycles. The predicted molar refractivity (Wildman–Crippen MR) is 117 cm³/mol. The largest absolute Gasteiger partial charge is 0.340 e. The molecule has 1 aliphatic heterocycles. The van der Waals surface area contributed by atoms with Crippen LogP contribution in [0.1, 0.15) is 57.5 Å². The van der Waals surface area contributed by atoms with E-state index in [2.05, 4.69) is 26.9 Å². The van der Waals surface area contributed by atoms with Crippen LogP contribution in [0.4, 0.5) is 0 Å². The Bertz CT molecular complexity index is 1280. The molecule has 3 aromatic rings. The summed E-state index contributed by atoms with van der Waals surface area (Å²) in [6, 6.07) is 8.49. The number of imide groups is 1. The number of carbonyl (C=O) groups excluding carboxylic acids is 4. The Balaban J connectivity index is 1.52. The number of para-hydroxylation sites is 1. The molecule has 0 radical (unpaired) electrons. The SMILES string of the molecule is O=Cc1c(-c2[nH]nc3c(C(=O)NC4CCC(=O)NC4=O)cccc23)ccc2c1CCCC2. The molecule has 3 amide bonds. The zero-order valence-electron chi connectivity index (χ0n) is 17.4. The summed E-state index contributed by atoms with van der Waals surface area (Å²) in [6.45, 7) is 0. The van der Waals surface area contributed by atoms with Crippen molar-refractivity contribution < 1.29 is 19.2 Å². The Hall–Kier alpha value is -3.81. The van der Waals surface area contributed by atoms with E-state index in [1.54, 1.807) is 12.1 Å². The fraction of sp³-hybridized carbons (Fsp3) is 0.292. The molecule has 1 aromatic heterocycles. The number of aryl methyl sites for hydroxylation is 1. The summed E-state index contributed by atoms with van der Waals surface area (Å²) in [5.41, 5.74) is 5.22. The molecule has 1 fully saturated rings. The van der Waals surface area contributed by atoms with Gasteiger partial charge in [-0.3, -0.25) is 29.6 Å². The highest BCUT2D eigenvalue weighted by molar-refractivity contribution is 6.11. The van der Waals surface area contributed by atoms with Gasteiger partial charge in [0.15, 0.2) is 6.29 Å². The van der Waals surface area contributed by atoms with Crippen LogP contribution < -0.4 is 10.6 Å². The van der Waals surface area contributed by atoms with Gasteiger partial charge < -0.3 is 5.32 Å². The van der Waals surface area contributed by atoms with E-state index in [1.165, 1.54) is 5.56 Å². The van der Waals surface area contributed by atoms with Gasteiger partial charge in [0.1, 0.15) is 11.6 Å². The van der Waals surface area contributed by atoms with Crippen LogP contribution >= 0.6 is 0 Å². The van der Waals surface area contributed by atoms with Gasteiger partial charge in [-0.15, -0.1) is 0 Å². The van der Waals surface area contributed by atoms with Gasteiger partial charge in [-0.25, -0.2) is 0 Å². The summed E-state index contributed by atoms with van der Waals surface area (Å²) < 4.78 is 0. The van der Waals surface area contributed by atoms with Gasteiger partial charge in [0.2, 0.25) is 11.8 Å². The molecule has 1 unspecified atom stereocenters. The molecule has 162 valence electrons. The number of aldehydes is 1. The Morgan fingerprint density at radius 3 is 2.75 bits per heavy atom. The van der Waals surface area contributed by atoms with Gasteiger partial charge in [-0.2, -0.15) is 5.10 Å². The summed E-state index contributed by atoms with van der Waals surface area (Å²) in [5, 5.41) is 13.0. The first-order valence-corrected chi connectivity index (χ1v) is 10.8. The number of aromatic nitrogens is 2. The van der Waals surface area contributed by atoms with Crippen LogP contribution in [0.3, 0.4) is 0 Å². The normalized spacial score (nSPS) is 18.2. The number of H-pyrrole nitrogens is 1. The van der Waals surface area contributed by atoms with Crippen molar-refractivity contribution in [3.8, 4) is 11.3 Å². The maximum absolute atomic E-state index is 12.9. The number of nitrogens with one attached hydrogen (secondary N) is 3. The van der Waals surface area contributed by atoms with Gasteiger partial charge in [0.05, 0.1) is 11.3 Å². The molecule has 32 heavy (non-hydrogen) atoms. The molecule has 8 heteroatoms. The van der Waals surface area contributed by atoms with Crippen molar-refractivity contribution in [1.82, 2.24) is 20.8 Å². The number of hydrogen-bond acceptors (Lipinski definition) is 5. The van der Waals surface area contributed by atoms with Gasteiger partial charge in [-0.05, 0) is 49.3 Å². The van der Waals surface area contributed by atoms with E-state index in [9.17, 15) is 19.2 Å². The van der Waals surface area contributed by atoms with Crippen molar-refractivity contribution in [2.24, 2.45) is 0 Å². The second-order valence-electron chi connectivity index (χ2n) is 8.27. The van der Waals surface area contributed by atoms with Crippen molar-refractivity contribution in [1.29, 1.82) is 0 Å². The minimum absolute atomic E-state index is 0.181. The molecule has 1 saturated heterocycles. The molecular formula is C24H22N4O4. The van der Waals surface area contributed by atoms with Crippen LogP contribution in [0.5, 0.6) is 0 Å². The Morgan fingerprint density at radius 1 is 1.09 bits per heavy atom. The molecule has 0 saturated carbocycles. The van der Waals surface area contributed by atoms with Crippen molar-refractivity contribution in [3.05, 3.63) is 52.6 Å². The minimum atomic E-state index is -0.767. The molecule has 3 N–H and O–H groups in total. The van der Waals surface area contributed by atoms with Crippen LogP contribution in [0.15, 0.2) is 30.3 Å². The lowest BCUT2D eigenvalue weighted by Crippen LogP contribution is -2.52. The lowest BCUT2D eigenvalue weighted by Gasteiger charge is -2.21. The molecule has 0 bridgehead atoms. The van der Waals surface area contributed by atoms with E-state index < -0.39 is 17.9 Å². The quantitative estimate of drug-likeness (QED) is 0.434. The van der Waals surface area contributed by atoms with Crippen molar-refractivity contribution >= 4 is 34.9 Å². The Morgan fingerprint density at radius 2 is 1.94 bits per heavy atom. The molecule has 0 spiro atoms. The van der Waals surface area contributed by atoms with Crippen LogP contribution in [-0.2, 0) is 22.4 Å². The lowest BCUT2D eigenvalue weighted by atomic mass is 9.85. The van der Waals surface area contributed by atoms with Gasteiger partial charge in [0, 0.05) is 22.9 Å². The van der Waals surface area contributed by atoms with E-state index in [0.29, 0.717) is 22.3 Å². The van der Waals surface area contributed by atoms with E-state index in [0.717, 1.165) is 48.5 Å². The molecular weight excluding hydrogens is 408 g/mol. The highest BCUT2D eigenvalue weighted by Crippen LogP contribution is 2.34. The summed E-state index contributed by atoms with van der Waals surface area (Å²) in [7, 11) is 0. The topological polar surface area (TPSA) is 121 Å². The average molecular weight is 430 g/mol. The first kappa shape index (κ1) is 20.1. The summed E-state index contributed by atoms with van der Waals surface area (Å²) >= 11 is 0. The van der Waals surface area contributed by atoms with E-state index >= 15 is 0 Å². The van der Waals surface area contributed by atoms with Crippen molar-refractivity contribution in [2.45, 2.75) is 44.6 Å². The third kappa shape index (κ3) is 3.37. The van der Waals surface area contributed by atoms with Crippen molar-refractivity contribution in [3.63, 3.8) is 0 Å². The fourth-order valence-electron chi connectivity index (χ4n) is 4.70. The van der Waals surface area contributed by atoms with Gasteiger partial charge in [0.25, 0.3) is 5.91 Å². The third-order valence-electron chi connectivity index (χ3n) is 6.34.